The highest BCUT2D eigenvalue weighted by Crippen LogP contribution is 2.00. The lowest BCUT2D eigenvalue weighted by molar-refractivity contribution is 0.0804. The summed E-state index contributed by atoms with van der Waals surface area (Å²) in [7, 11) is 0. The highest BCUT2D eigenvalue weighted by Gasteiger charge is 2.08. The third kappa shape index (κ3) is 1.84. The largest absolute Gasteiger partial charge is 0.394 e. The van der Waals surface area contributed by atoms with Gasteiger partial charge in [-0.25, -0.2) is 4.52 Å². The Hall–Kier alpha value is -1.66. The first-order valence-corrected chi connectivity index (χ1v) is 4.96. The molecular formula is C10H13N3O3. The van der Waals surface area contributed by atoms with Gasteiger partial charge in [0.15, 0.2) is 0 Å². The molecule has 2 N–H and O–H groups in total. The van der Waals surface area contributed by atoms with Crippen molar-refractivity contribution in [2.75, 3.05) is 6.61 Å². The molecule has 2 aromatic heterocycles. The van der Waals surface area contributed by atoms with Crippen molar-refractivity contribution in [1.82, 2.24) is 14.2 Å². The van der Waals surface area contributed by atoms with Crippen molar-refractivity contribution in [1.29, 1.82) is 0 Å². The molecule has 0 aliphatic heterocycles. The van der Waals surface area contributed by atoms with E-state index in [0.29, 0.717) is 5.52 Å². The molecule has 2 aromatic rings. The average molecular weight is 223 g/mol. The predicted molar refractivity (Wildman–Crippen MR) is 57.3 cm³/mol. The summed E-state index contributed by atoms with van der Waals surface area (Å²) in [6.45, 7) is 1.52. The number of aryl methyl sites for hydroxylation is 1. The fraction of sp³-hybridized carbons (Fsp3) is 0.400. The van der Waals surface area contributed by atoms with Gasteiger partial charge in [0.05, 0.1) is 24.9 Å². The van der Waals surface area contributed by atoms with Crippen molar-refractivity contribution in [3.8, 4) is 0 Å². The van der Waals surface area contributed by atoms with Gasteiger partial charge in [-0.15, -0.1) is 0 Å². The molecule has 2 heterocycles. The highest BCUT2D eigenvalue weighted by molar-refractivity contribution is 5.44. The van der Waals surface area contributed by atoms with E-state index in [1.54, 1.807) is 25.4 Å². The molecule has 0 radical (unpaired) electrons. The SMILES string of the molecule is Cc1cc2c(=O)n(CC(O)CO)ccn2n1. The van der Waals surface area contributed by atoms with Gasteiger partial charge in [-0.1, -0.05) is 0 Å². The Labute approximate surface area is 91.4 Å². The number of hydrogen-bond acceptors (Lipinski definition) is 4. The van der Waals surface area contributed by atoms with Crippen LogP contribution in [0.5, 0.6) is 0 Å². The van der Waals surface area contributed by atoms with Gasteiger partial charge in [0, 0.05) is 12.4 Å². The van der Waals surface area contributed by atoms with Crippen LogP contribution in [0.2, 0.25) is 0 Å². The highest BCUT2D eigenvalue weighted by atomic mass is 16.3. The maximum absolute atomic E-state index is 11.9. The van der Waals surface area contributed by atoms with Crippen molar-refractivity contribution in [2.24, 2.45) is 0 Å². The molecule has 2 rings (SSSR count). The van der Waals surface area contributed by atoms with Gasteiger partial charge in [0.1, 0.15) is 5.52 Å². The van der Waals surface area contributed by atoms with E-state index in [2.05, 4.69) is 5.10 Å². The Balaban J connectivity index is 2.48. The maximum atomic E-state index is 11.9. The second-order valence-corrected chi connectivity index (χ2v) is 3.71. The van der Waals surface area contributed by atoms with Gasteiger partial charge in [-0.05, 0) is 13.0 Å². The van der Waals surface area contributed by atoms with Gasteiger partial charge in [0.2, 0.25) is 0 Å². The van der Waals surface area contributed by atoms with Crippen LogP contribution in [0.1, 0.15) is 5.69 Å². The first kappa shape index (κ1) is 10.8. The van der Waals surface area contributed by atoms with Crippen molar-refractivity contribution in [2.45, 2.75) is 19.6 Å². The van der Waals surface area contributed by atoms with Crippen LogP contribution in [0, 0.1) is 6.92 Å². The van der Waals surface area contributed by atoms with Crippen LogP contribution in [-0.4, -0.2) is 37.1 Å². The van der Waals surface area contributed by atoms with Crippen LogP contribution in [-0.2, 0) is 6.54 Å². The number of fused-ring (bicyclic) bond motifs is 1. The smallest absolute Gasteiger partial charge is 0.276 e. The summed E-state index contributed by atoms with van der Waals surface area (Å²) in [5.41, 5.74) is 0.998. The zero-order chi connectivity index (χ0) is 11.7. The van der Waals surface area contributed by atoms with E-state index < -0.39 is 6.10 Å². The zero-order valence-corrected chi connectivity index (χ0v) is 8.87. The van der Waals surface area contributed by atoms with Crippen molar-refractivity contribution >= 4 is 5.52 Å². The third-order valence-corrected chi connectivity index (χ3v) is 2.34. The summed E-state index contributed by atoms with van der Waals surface area (Å²) in [4.78, 5) is 11.9. The Bertz CT molecular complexity index is 558. The molecule has 1 unspecified atom stereocenters. The average Bonchev–Trinajstić information content (AvgIpc) is 2.64. The van der Waals surface area contributed by atoms with Crippen LogP contribution in [0.3, 0.4) is 0 Å². The fourth-order valence-corrected chi connectivity index (χ4v) is 1.58. The van der Waals surface area contributed by atoms with Gasteiger partial charge >= 0.3 is 0 Å². The molecule has 0 saturated carbocycles. The lowest BCUT2D eigenvalue weighted by atomic mass is 10.3. The standard InChI is InChI=1S/C10H13N3O3/c1-7-4-9-10(16)12(5-8(15)6-14)2-3-13(9)11-7/h2-4,8,14-15H,5-6H2,1H3. The van der Waals surface area contributed by atoms with E-state index in [9.17, 15) is 9.90 Å². The number of aliphatic hydroxyl groups excluding tert-OH is 2. The summed E-state index contributed by atoms with van der Waals surface area (Å²) in [5, 5.41) is 22.1. The molecule has 16 heavy (non-hydrogen) atoms. The molecule has 0 fully saturated rings. The molecule has 0 aromatic carbocycles. The lowest BCUT2D eigenvalue weighted by Gasteiger charge is -2.09. The number of rotatable bonds is 3. The molecule has 0 aliphatic rings. The first-order valence-electron chi connectivity index (χ1n) is 4.96. The van der Waals surface area contributed by atoms with E-state index in [4.69, 9.17) is 5.11 Å². The molecule has 86 valence electrons. The predicted octanol–water partition coefficient (Wildman–Crippen LogP) is -0.842. The van der Waals surface area contributed by atoms with Crippen LogP contribution < -0.4 is 5.56 Å². The third-order valence-electron chi connectivity index (χ3n) is 2.34. The number of aliphatic hydroxyl groups is 2. The second-order valence-electron chi connectivity index (χ2n) is 3.71. The van der Waals surface area contributed by atoms with E-state index in [0.717, 1.165) is 5.69 Å². The molecule has 6 nitrogen and oxygen atoms in total. The van der Waals surface area contributed by atoms with Gasteiger partial charge in [-0.3, -0.25) is 4.79 Å². The van der Waals surface area contributed by atoms with Crippen LogP contribution in [0.15, 0.2) is 23.3 Å². The Morgan fingerprint density at radius 2 is 2.25 bits per heavy atom. The van der Waals surface area contributed by atoms with Gasteiger partial charge in [0.25, 0.3) is 5.56 Å². The fourth-order valence-electron chi connectivity index (χ4n) is 1.58. The van der Waals surface area contributed by atoms with Crippen LogP contribution >= 0.6 is 0 Å². The molecule has 0 spiro atoms. The lowest BCUT2D eigenvalue weighted by Crippen LogP contribution is -2.29. The van der Waals surface area contributed by atoms with E-state index in [1.165, 1.54) is 9.08 Å². The van der Waals surface area contributed by atoms with E-state index in [-0.39, 0.29) is 18.7 Å². The van der Waals surface area contributed by atoms with Crippen molar-refractivity contribution in [3.05, 3.63) is 34.5 Å². The molecule has 6 heteroatoms. The van der Waals surface area contributed by atoms with Gasteiger partial charge < -0.3 is 14.8 Å². The van der Waals surface area contributed by atoms with Crippen molar-refractivity contribution < 1.29 is 10.2 Å². The number of nitrogens with zero attached hydrogens (tertiary/aromatic N) is 3. The molecule has 1 atom stereocenters. The van der Waals surface area contributed by atoms with Crippen LogP contribution in [0.4, 0.5) is 0 Å². The summed E-state index contributed by atoms with van der Waals surface area (Å²) in [6.07, 6.45) is 2.26. The summed E-state index contributed by atoms with van der Waals surface area (Å²) >= 11 is 0. The molecule has 0 saturated heterocycles. The zero-order valence-electron chi connectivity index (χ0n) is 8.87. The summed E-state index contributed by atoms with van der Waals surface area (Å²) in [5.74, 6) is 0. The quantitative estimate of drug-likeness (QED) is 0.711. The Morgan fingerprint density at radius 1 is 1.50 bits per heavy atom. The minimum atomic E-state index is -0.927. The normalized spacial score (nSPS) is 13.2. The Kier molecular flexibility index (Phi) is 2.76. The topological polar surface area (TPSA) is 79.8 Å². The second kappa shape index (κ2) is 4.07. The van der Waals surface area contributed by atoms with Crippen LogP contribution in [0.25, 0.3) is 5.52 Å². The minimum absolute atomic E-state index is 0.0794. The van der Waals surface area contributed by atoms with Gasteiger partial charge in [-0.2, -0.15) is 5.10 Å². The molecule has 0 amide bonds. The first-order chi connectivity index (χ1) is 7.61. The molecule has 0 aliphatic carbocycles. The van der Waals surface area contributed by atoms with Crippen molar-refractivity contribution in [3.63, 3.8) is 0 Å². The minimum Gasteiger partial charge on any atom is -0.394 e. The number of hydrogen-bond donors (Lipinski definition) is 2. The maximum Gasteiger partial charge on any atom is 0.276 e. The Morgan fingerprint density at radius 3 is 2.94 bits per heavy atom. The molecule has 0 bridgehead atoms. The molecular weight excluding hydrogens is 210 g/mol. The van der Waals surface area contributed by atoms with E-state index in [1.807, 2.05) is 0 Å². The monoisotopic (exact) mass is 223 g/mol. The number of aromatic nitrogens is 3. The van der Waals surface area contributed by atoms with E-state index >= 15 is 0 Å². The summed E-state index contributed by atoms with van der Waals surface area (Å²) < 4.78 is 2.86. The summed E-state index contributed by atoms with van der Waals surface area (Å²) in [6, 6.07) is 1.68.